The van der Waals surface area contributed by atoms with Crippen molar-refractivity contribution >= 4 is 38.7 Å². The van der Waals surface area contributed by atoms with E-state index < -0.39 is 4.92 Å². The number of ether oxygens (including phenoxy) is 2. The van der Waals surface area contributed by atoms with Gasteiger partial charge in [-0.05, 0) is 31.2 Å². The van der Waals surface area contributed by atoms with Gasteiger partial charge in [0, 0.05) is 22.0 Å². The van der Waals surface area contributed by atoms with Gasteiger partial charge >= 0.3 is 5.69 Å². The smallest absolute Gasteiger partial charge is 0.315 e. The van der Waals surface area contributed by atoms with Crippen LogP contribution in [0.15, 0.2) is 57.4 Å². The maximum atomic E-state index is 13.2. The highest BCUT2D eigenvalue weighted by Gasteiger charge is 2.22. The molecule has 0 N–H and O–H groups in total. The SMILES string of the molecule is C=CCOc1c(OCC)cc(C=Nn2c(C(C)C)nc3ccc(Br)cc3c2=O)cc1[N+](=O)[O-]. The van der Waals surface area contributed by atoms with E-state index in [9.17, 15) is 14.9 Å². The van der Waals surface area contributed by atoms with Crippen LogP contribution in [-0.4, -0.2) is 34.0 Å². The van der Waals surface area contributed by atoms with Crippen LogP contribution in [0.2, 0.25) is 0 Å². The van der Waals surface area contributed by atoms with Gasteiger partial charge in [0.2, 0.25) is 5.75 Å². The van der Waals surface area contributed by atoms with Crippen molar-refractivity contribution in [2.45, 2.75) is 26.7 Å². The Morgan fingerprint density at radius 3 is 2.70 bits per heavy atom. The highest BCUT2D eigenvalue weighted by Crippen LogP contribution is 2.38. The van der Waals surface area contributed by atoms with Gasteiger partial charge in [0.15, 0.2) is 5.75 Å². The molecule has 0 aliphatic carbocycles. The average Bonchev–Trinajstić information content (AvgIpc) is 2.77. The highest BCUT2D eigenvalue weighted by molar-refractivity contribution is 9.10. The third-order valence-corrected chi connectivity index (χ3v) is 5.06. The van der Waals surface area contributed by atoms with Gasteiger partial charge in [0.25, 0.3) is 5.56 Å². The van der Waals surface area contributed by atoms with Crippen LogP contribution in [0, 0.1) is 10.1 Å². The number of benzene rings is 2. The lowest BCUT2D eigenvalue weighted by Crippen LogP contribution is -2.23. The number of nitrogens with zero attached hydrogens (tertiary/aromatic N) is 4. The van der Waals surface area contributed by atoms with E-state index in [1.165, 1.54) is 23.0 Å². The average molecular weight is 515 g/mol. The number of fused-ring (bicyclic) bond motifs is 1. The lowest BCUT2D eigenvalue weighted by atomic mass is 10.1. The highest BCUT2D eigenvalue weighted by atomic mass is 79.9. The predicted molar refractivity (Wildman–Crippen MR) is 131 cm³/mol. The lowest BCUT2D eigenvalue weighted by molar-refractivity contribution is -0.385. The van der Waals surface area contributed by atoms with Crippen molar-refractivity contribution in [3.8, 4) is 11.5 Å². The third kappa shape index (κ3) is 5.28. The predicted octanol–water partition coefficient (Wildman–Crippen LogP) is 5.04. The van der Waals surface area contributed by atoms with Crippen LogP contribution >= 0.6 is 15.9 Å². The van der Waals surface area contributed by atoms with Crippen LogP contribution in [-0.2, 0) is 0 Å². The number of hydrogen-bond acceptors (Lipinski definition) is 7. The minimum absolute atomic E-state index is 0.0103. The van der Waals surface area contributed by atoms with Gasteiger partial charge in [-0.25, -0.2) is 4.98 Å². The Kier molecular flexibility index (Phi) is 7.59. The molecule has 0 unspecified atom stereocenters. The van der Waals surface area contributed by atoms with Gasteiger partial charge in [-0.3, -0.25) is 14.9 Å². The Balaban J connectivity index is 2.17. The summed E-state index contributed by atoms with van der Waals surface area (Å²) < 4.78 is 13.0. The van der Waals surface area contributed by atoms with E-state index >= 15 is 0 Å². The molecular weight excluding hydrogens is 492 g/mol. The number of halogens is 1. The van der Waals surface area contributed by atoms with Crippen LogP contribution in [0.4, 0.5) is 5.69 Å². The molecular formula is C23H23BrN4O5. The van der Waals surface area contributed by atoms with Crippen molar-refractivity contribution in [1.82, 2.24) is 9.66 Å². The van der Waals surface area contributed by atoms with E-state index in [-0.39, 0.29) is 41.9 Å². The summed E-state index contributed by atoms with van der Waals surface area (Å²) in [5.74, 6) is 0.589. The molecule has 0 saturated heterocycles. The Morgan fingerprint density at radius 2 is 2.06 bits per heavy atom. The first-order chi connectivity index (χ1) is 15.8. The van der Waals surface area contributed by atoms with Crippen molar-refractivity contribution in [2.24, 2.45) is 5.10 Å². The van der Waals surface area contributed by atoms with E-state index in [2.05, 4.69) is 32.6 Å². The zero-order valence-corrected chi connectivity index (χ0v) is 20.0. The minimum atomic E-state index is -0.556. The van der Waals surface area contributed by atoms with Crippen molar-refractivity contribution in [3.05, 3.63) is 79.3 Å². The number of nitro benzene ring substituents is 1. The van der Waals surface area contributed by atoms with Crippen LogP contribution in [0.5, 0.6) is 11.5 Å². The summed E-state index contributed by atoms with van der Waals surface area (Å²) in [6.07, 6.45) is 2.85. The minimum Gasteiger partial charge on any atom is -0.490 e. The maximum absolute atomic E-state index is 13.2. The molecule has 0 atom stereocenters. The summed E-state index contributed by atoms with van der Waals surface area (Å²) in [6.45, 7) is 9.50. The lowest BCUT2D eigenvalue weighted by Gasteiger charge is -2.13. The summed E-state index contributed by atoms with van der Waals surface area (Å²) in [5.41, 5.74) is 0.316. The van der Waals surface area contributed by atoms with Gasteiger partial charge in [-0.1, -0.05) is 42.4 Å². The monoisotopic (exact) mass is 514 g/mol. The zero-order chi connectivity index (χ0) is 24.1. The van der Waals surface area contributed by atoms with Crippen LogP contribution in [0.1, 0.15) is 38.1 Å². The summed E-state index contributed by atoms with van der Waals surface area (Å²) in [7, 11) is 0. The molecule has 2 aromatic carbocycles. The first-order valence-corrected chi connectivity index (χ1v) is 11.0. The molecule has 0 bridgehead atoms. The van der Waals surface area contributed by atoms with E-state index in [4.69, 9.17) is 9.47 Å². The molecule has 0 aliphatic heterocycles. The topological polar surface area (TPSA) is 109 Å². The first kappa shape index (κ1) is 24.1. The Bertz CT molecular complexity index is 1300. The normalized spacial score (nSPS) is 11.3. The second kappa shape index (κ2) is 10.4. The van der Waals surface area contributed by atoms with Crippen LogP contribution in [0.25, 0.3) is 10.9 Å². The summed E-state index contributed by atoms with van der Waals surface area (Å²) in [5, 5.41) is 16.4. The molecule has 0 fully saturated rings. The Hall–Kier alpha value is -3.53. The fourth-order valence-corrected chi connectivity index (χ4v) is 3.51. The molecule has 0 aliphatic rings. The second-order valence-corrected chi connectivity index (χ2v) is 8.22. The molecule has 0 amide bonds. The van der Waals surface area contributed by atoms with Gasteiger partial charge in [0.1, 0.15) is 12.4 Å². The fourth-order valence-electron chi connectivity index (χ4n) is 3.14. The molecule has 3 aromatic rings. The molecule has 172 valence electrons. The summed E-state index contributed by atoms with van der Waals surface area (Å²) in [4.78, 5) is 28.9. The number of aromatic nitrogens is 2. The number of nitro groups is 1. The number of hydrogen-bond donors (Lipinski definition) is 0. The molecule has 0 spiro atoms. The van der Waals surface area contributed by atoms with Gasteiger partial charge in [-0.2, -0.15) is 9.78 Å². The van der Waals surface area contributed by atoms with E-state index in [1.54, 1.807) is 25.1 Å². The van der Waals surface area contributed by atoms with Gasteiger partial charge < -0.3 is 9.47 Å². The first-order valence-electron chi connectivity index (χ1n) is 10.2. The molecule has 1 heterocycles. The number of rotatable bonds is 9. The van der Waals surface area contributed by atoms with E-state index in [0.717, 1.165) is 4.47 Å². The molecule has 1 aromatic heterocycles. The van der Waals surface area contributed by atoms with Gasteiger partial charge in [0.05, 0.1) is 28.6 Å². The van der Waals surface area contributed by atoms with E-state index in [0.29, 0.717) is 22.3 Å². The Morgan fingerprint density at radius 1 is 1.30 bits per heavy atom. The van der Waals surface area contributed by atoms with Crippen molar-refractivity contribution in [2.75, 3.05) is 13.2 Å². The summed E-state index contributed by atoms with van der Waals surface area (Å²) >= 11 is 3.37. The molecule has 0 radical (unpaired) electrons. The van der Waals surface area contributed by atoms with Crippen molar-refractivity contribution in [1.29, 1.82) is 0 Å². The molecule has 9 nitrogen and oxygen atoms in total. The standard InChI is InChI=1S/C23H23BrN4O5/c1-5-9-33-21-19(28(30)31)10-15(11-20(21)32-6-2)13-25-27-22(14(3)4)26-18-8-7-16(24)12-17(18)23(27)29/h5,7-8,10-14H,1,6,9H2,2-4H3. The third-order valence-electron chi connectivity index (χ3n) is 4.57. The van der Waals surface area contributed by atoms with Crippen molar-refractivity contribution in [3.63, 3.8) is 0 Å². The molecule has 3 rings (SSSR count). The van der Waals surface area contributed by atoms with Gasteiger partial charge in [-0.15, -0.1) is 0 Å². The quantitative estimate of drug-likeness (QED) is 0.171. The molecule has 33 heavy (non-hydrogen) atoms. The van der Waals surface area contributed by atoms with Crippen molar-refractivity contribution < 1.29 is 14.4 Å². The molecule has 10 heteroatoms. The zero-order valence-electron chi connectivity index (χ0n) is 18.4. The van der Waals surface area contributed by atoms with Crippen LogP contribution < -0.4 is 15.0 Å². The largest absolute Gasteiger partial charge is 0.490 e. The summed E-state index contributed by atoms with van der Waals surface area (Å²) in [6, 6.07) is 8.15. The Labute approximate surface area is 198 Å². The van der Waals surface area contributed by atoms with Crippen LogP contribution in [0.3, 0.4) is 0 Å². The second-order valence-electron chi connectivity index (χ2n) is 7.30. The van der Waals surface area contributed by atoms with E-state index in [1.807, 2.05) is 19.9 Å². The fraction of sp³-hybridized carbons (Fsp3) is 0.261. The maximum Gasteiger partial charge on any atom is 0.315 e. The molecule has 0 saturated carbocycles.